The van der Waals surface area contributed by atoms with Crippen LogP contribution in [0, 0.1) is 5.92 Å². The lowest BCUT2D eigenvalue weighted by Gasteiger charge is -2.27. The fourth-order valence-electron chi connectivity index (χ4n) is 3.16. The van der Waals surface area contributed by atoms with E-state index in [1.54, 1.807) is 24.5 Å². The molecule has 1 aromatic rings. The molecule has 1 N–H and O–H groups in total. The summed E-state index contributed by atoms with van der Waals surface area (Å²) in [6, 6.07) is 4.33. The lowest BCUT2D eigenvalue weighted by atomic mass is 10.0. The molecule has 2 fully saturated rings. The van der Waals surface area contributed by atoms with E-state index in [0.717, 1.165) is 25.1 Å². The van der Waals surface area contributed by atoms with Crippen LogP contribution >= 0.6 is 0 Å². The molecule has 2 saturated heterocycles. The zero-order chi connectivity index (χ0) is 11.8. The highest BCUT2D eigenvalue weighted by Gasteiger charge is 2.44. The predicted octanol–water partition coefficient (Wildman–Crippen LogP) is 0.904. The van der Waals surface area contributed by atoms with E-state index in [0.29, 0.717) is 18.0 Å². The van der Waals surface area contributed by atoms with Gasteiger partial charge in [0.15, 0.2) is 0 Å². The topological polar surface area (TPSA) is 45.2 Å². The molecule has 1 amide bonds. The minimum absolute atomic E-state index is 0.149. The zero-order valence-corrected chi connectivity index (χ0v) is 9.97. The Morgan fingerprint density at radius 2 is 2.18 bits per heavy atom. The van der Waals surface area contributed by atoms with Gasteiger partial charge in [0, 0.05) is 43.1 Å². The standard InChI is InChI=1S/C13H17N3O/c1-9-6-11-7-15-8-12(11)16(9)13(17)10-2-4-14-5-3-10/h2-5,9,11-12,15H,6-8H2,1H3. The summed E-state index contributed by atoms with van der Waals surface area (Å²) in [6.45, 7) is 4.14. The Kier molecular flexibility index (Phi) is 2.59. The van der Waals surface area contributed by atoms with Gasteiger partial charge in [0.25, 0.3) is 5.91 Å². The number of nitrogens with zero attached hydrogens (tertiary/aromatic N) is 2. The van der Waals surface area contributed by atoms with Crippen LogP contribution in [-0.2, 0) is 0 Å². The monoisotopic (exact) mass is 231 g/mol. The number of hydrogen-bond acceptors (Lipinski definition) is 3. The second-order valence-corrected chi connectivity index (χ2v) is 5.02. The molecule has 2 aliphatic heterocycles. The fraction of sp³-hybridized carbons (Fsp3) is 0.538. The van der Waals surface area contributed by atoms with Gasteiger partial charge >= 0.3 is 0 Å². The number of rotatable bonds is 1. The summed E-state index contributed by atoms with van der Waals surface area (Å²) >= 11 is 0. The fourth-order valence-corrected chi connectivity index (χ4v) is 3.16. The third-order valence-electron chi connectivity index (χ3n) is 3.94. The van der Waals surface area contributed by atoms with E-state index >= 15 is 0 Å². The number of amides is 1. The summed E-state index contributed by atoms with van der Waals surface area (Å²) < 4.78 is 0. The quantitative estimate of drug-likeness (QED) is 0.781. The second kappa shape index (κ2) is 4.11. The normalized spacial score (nSPS) is 31.6. The Morgan fingerprint density at radius 1 is 1.41 bits per heavy atom. The largest absolute Gasteiger partial charge is 0.331 e. The number of fused-ring (bicyclic) bond motifs is 1. The van der Waals surface area contributed by atoms with E-state index in [9.17, 15) is 4.79 Å². The lowest BCUT2D eigenvalue weighted by molar-refractivity contribution is 0.0682. The number of hydrogen-bond donors (Lipinski definition) is 1. The summed E-state index contributed by atoms with van der Waals surface area (Å²) in [5, 5.41) is 3.37. The van der Waals surface area contributed by atoms with Gasteiger partial charge in [0.2, 0.25) is 0 Å². The third kappa shape index (κ3) is 1.72. The van der Waals surface area contributed by atoms with Crippen molar-refractivity contribution in [1.29, 1.82) is 0 Å². The van der Waals surface area contributed by atoms with Crippen molar-refractivity contribution < 1.29 is 4.79 Å². The van der Waals surface area contributed by atoms with Gasteiger partial charge in [0.1, 0.15) is 0 Å². The molecule has 4 heteroatoms. The van der Waals surface area contributed by atoms with Crippen molar-refractivity contribution in [2.75, 3.05) is 13.1 Å². The average Bonchev–Trinajstić information content (AvgIpc) is 2.89. The van der Waals surface area contributed by atoms with E-state index < -0.39 is 0 Å². The molecular formula is C13H17N3O. The smallest absolute Gasteiger partial charge is 0.254 e. The Bertz CT molecular complexity index is 420. The molecule has 90 valence electrons. The summed E-state index contributed by atoms with van der Waals surface area (Å²) in [6.07, 6.45) is 4.48. The maximum absolute atomic E-state index is 12.5. The molecule has 0 aliphatic carbocycles. The maximum Gasteiger partial charge on any atom is 0.254 e. The number of likely N-dealkylation sites (tertiary alicyclic amines) is 1. The molecule has 4 nitrogen and oxygen atoms in total. The maximum atomic E-state index is 12.5. The zero-order valence-electron chi connectivity index (χ0n) is 9.97. The third-order valence-corrected chi connectivity index (χ3v) is 3.94. The highest BCUT2D eigenvalue weighted by molar-refractivity contribution is 5.94. The van der Waals surface area contributed by atoms with Crippen LogP contribution in [0.25, 0.3) is 0 Å². The first-order valence-corrected chi connectivity index (χ1v) is 6.21. The van der Waals surface area contributed by atoms with Crippen LogP contribution in [0.2, 0.25) is 0 Å². The molecule has 2 aliphatic rings. The van der Waals surface area contributed by atoms with Crippen LogP contribution in [0.15, 0.2) is 24.5 Å². The number of carbonyl (C=O) groups is 1. The Labute approximate surface area is 101 Å². The van der Waals surface area contributed by atoms with Crippen LogP contribution in [0.4, 0.5) is 0 Å². The molecule has 0 saturated carbocycles. The Balaban J connectivity index is 1.86. The number of carbonyl (C=O) groups excluding carboxylic acids is 1. The van der Waals surface area contributed by atoms with Crippen molar-refractivity contribution in [1.82, 2.24) is 15.2 Å². The van der Waals surface area contributed by atoms with Crippen LogP contribution in [0.3, 0.4) is 0 Å². The summed E-state index contributed by atoms with van der Waals surface area (Å²) in [4.78, 5) is 18.5. The van der Waals surface area contributed by atoms with Crippen molar-refractivity contribution >= 4 is 5.91 Å². The SMILES string of the molecule is CC1CC2CNCC2N1C(=O)c1ccncc1. The molecule has 0 bridgehead atoms. The van der Waals surface area contributed by atoms with Crippen molar-refractivity contribution in [3.63, 3.8) is 0 Å². The van der Waals surface area contributed by atoms with Crippen molar-refractivity contribution in [3.05, 3.63) is 30.1 Å². The van der Waals surface area contributed by atoms with Gasteiger partial charge in [-0.1, -0.05) is 0 Å². The highest BCUT2D eigenvalue weighted by atomic mass is 16.2. The second-order valence-electron chi connectivity index (χ2n) is 5.02. The number of pyridine rings is 1. The summed E-state index contributed by atoms with van der Waals surface area (Å²) in [5.74, 6) is 0.784. The number of nitrogens with one attached hydrogen (secondary N) is 1. The average molecular weight is 231 g/mol. The Morgan fingerprint density at radius 3 is 2.94 bits per heavy atom. The molecule has 3 rings (SSSR count). The molecule has 3 atom stereocenters. The molecule has 0 aromatic carbocycles. The molecule has 3 unspecified atom stereocenters. The van der Waals surface area contributed by atoms with Crippen LogP contribution in [0.1, 0.15) is 23.7 Å². The molecule has 17 heavy (non-hydrogen) atoms. The molecule has 1 aromatic heterocycles. The van der Waals surface area contributed by atoms with Gasteiger partial charge < -0.3 is 10.2 Å². The Hall–Kier alpha value is -1.42. The minimum atomic E-state index is 0.149. The van der Waals surface area contributed by atoms with Crippen LogP contribution < -0.4 is 5.32 Å². The first-order valence-electron chi connectivity index (χ1n) is 6.21. The molecule has 0 spiro atoms. The van der Waals surface area contributed by atoms with E-state index in [2.05, 4.69) is 22.1 Å². The highest BCUT2D eigenvalue weighted by Crippen LogP contribution is 2.33. The molecular weight excluding hydrogens is 214 g/mol. The van der Waals surface area contributed by atoms with Crippen LogP contribution in [0.5, 0.6) is 0 Å². The number of aromatic nitrogens is 1. The predicted molar refractivity (Wildman–Crippen MR) is 64.6 cm³/mol. The van der Waals surface area contributed by atoms with Gasteiger partial charge in [-0.25, -0.2) is 0 Å². The van der Waals surface area contributed by atoms with Gasteiger partial charge in [0.05, 0.1) is 0 Å². The van der Waals surface area contributed by atoms with Gasteiger partial charge in [-0.3, -0.25) is 9.78 Å². The summed E-state index contributed by atoms with van der Waals surface area (Å²) in [5.41, 5.74) is 0.749. The minimum Gasteiger partial charge on any atom is -0.331 e. The molecule has 0 radical (unpaired) electrons. The first-order chi connectivity index (χ1) is 8.27. The summed E-state index contributed by atoms with van der Waals surface area (Å²) in [7, 11) is 0. The van der Waals surface area contributed by atoms with E-state index in [4.69, 9.17) is 0 Å². The van der Waals surface area contributed by atoms with Crippen molar-refractivity contribution in [2.45, 2.75) is 25.4 Å². The lowest BCUT2D eigenvalue weighted by Crippen LogP contribution is -2.42. The van der Waals surface area contributed by atoms with Gasteiger partial charge in [-0.15, -0.1) is 0 Å². The van der Waals surface area contributed by atoms with E-state index in [-0.39, 0.29) is 5.91 Å². The van der Waals surface area contributed by atoms with Crippen LogP contribution in [-0.4, -0.2) is 41.0 Å². The van der Waals surface area contributed by atoms with E-state index in [1.807, 2.05) is 0 Å². The molecule has 3 heterocycles. The van der Waals surface area contributed by atoms with Gasteiger partial charge in [-0.05, 0) is 31.4 Å². The van der Waals surface area contributed by atoms with Gasteiger partial charge in [-0.2, -0.15) is 0 Å². The van der Waals surface area contributed by atoms with E-state index in [1.165, 1.54) is 0 Å². The van der Waals surface area contributed by atoms with Crippen molar-refractivity contribution in [2.24, 2.45) is 5.92 Å². The first kappa shape index (κ1) is 10.7. The van der Waals surface area contributed by atoms with Crippen molar-refractivity contribution in [3.8, 4) is 0 Å².